The van der Waals surface area contributed by atoms with Gasteiger partial charge in [0, 0.05) is 32.0 Å². The molecular weight excluding hydrogens is 512 g/mol. The molecule has 0 fully saturated rings. The van der Waals surface area contributed by atoms with Crippen LogP contribution in [0.5, 0.6) is 0 Å². The number of nitrogens with one attached hydrogen (secondary N) is 2. The van der Waals surface area contributed by atoms with Crippen molar-refractivity contribution < 1.29 is 42.3 Å². The molecule has 0 aliphatic heterocycles. The van der Waals surface area contributed by atoms with Gasteiger partial charge in [-0.2, -0.15) is 0 Å². The van der Waals surface area contributed by atoms with E-state index in [0.29, 0.717) is 13.2 Å². The maximum Gasteiger partial charge on any atom is 0.0789 e. The Balaban J connectivity index is -0.000000334. The largest absolute Gasteiger partial charge is 1.00 e. The summed E-state index contributed by atoms with van der Waals surface area (Å²) in [6.45, 7) is 5.06. The van der Waals surface area contributed by atoms with Gasteiger partial charge in [0.05, 0.1) is 41.3 Å². The molecule has 0 spiro atoms. The molecule has 0 saturated heterocycles. The van der Waals surface area contributed by atoms with E-state index in [-0.39, 0.29) is 18.8 Å². The number of carboxylic acids is 1. The number of carbonyl (C=O) groups excluding carboxylic acids is 1. The van der Waals surface area contributed by atoms with Crippen LogP contribution in [-0.2, 0) is 4.79 Å². The highest BCUT2D eigenvalue weighted by atomic mass is 35.5. The topological polar surface area (TPSA) is 89.5 Å². The average Bonchev–Trinajstić information content (AvgIpc) is 2.88. The van der Waals surface area contributed by atoms with E-state index in [1.54, 1.807) is 0 Å². The number of carbonyl (C=O) groups is 1. The number of hydrogen-bond donors (Lipinski definition) is 4. The number of hydrogen-bond acceptors (Lipinski definition) is 4. The van der Waals surface area contributed by atoms with Gasteiger partial charge in [0.1, 0.15) is 0 Å². The lowest BCUT2D eigenvalue weighted by Crippen LogP contribution is -3.05. The van der Waals surface area contributed by atoms with Gasteiger partial charge in [-0.15, -0.1) is 0 Å². The third kappa shape index (κ3) is 58.3. The molecule has 0 amide bonds. The fourth-order valence-corrected chi connectivity index (χ4v) is 4.21. The van der Waals surface area contributed by atoms with Crippen LogP contribution in [0.1, 0.15) is 148 Å². The standard InChI is InChI=1S/C22H44O2.2C5H13NO.ClH/c1-2-3-4-5-6-7-8-9-10-11-12-13-14-15-16-17-18-19-20-21-22(23)24;2*1-6(2)4-3-5-7;/h2-21H2,1H3,(H,23,24);2*7H,3-5H2,1-2H3;1H. The second-order valence-electron chi connectivity index (χ2n) is 11.6. The molecule has 0 saturated carbocycles. The average molecular weight is 583 g/mol. The van der Waals surface area contributed by atoms with Crippen LogP contribution in [0.4, 0.5) is 0 Å². The van der Waals surface area contributed by atoms with Gasteiger partial charge < -0.3 is 42.3 Å². The third-order valence-corrected chi connectivity index (χ3v) is 6.65. The Kier molecular flexibility index (Phi) is 49.2. The normalized spacial score (nSPS) is 10.5. The lowest BCUT2D eigenvalue weighted by molar-refractivity contribution is -0.858. The number of aliphatic hydroxyl groups excluding tert-OH is 2. The van der Waals surface area contributed by atoms with Crippen molar-refractivity contribution in [2.45, 2.75) is 148 Å². The summed E-state index contributed by atoms with van der Waals surface area (Å²) in [5, 5.41) is 26.9. The van der Waals surface area contributed by atoms with Crippen molar-refractivity contribution in [3.8, 4) is 0 Å². The van der Waals surface area contributed by atoms with Gasteiger partial charge in [0.15, 0.2) is 0 Å². The molecule has 0 atom stereocenters. The third-order valence-electron chi connectivity index (χ3n) is 6.65. The number of quaternary nitrogens is 2. The molecule has 0 aromatic rings. The summed E-state index contributed by atoms with van der Waals surface area (Å²) in [5.74, 6) is -0.901. The Bertz CT molecular complexity index is 415. The highest BCUT2D eigenvalue weighted by Gasteiger charge is 1.95. The summed E-state index contributed by atoms with van der Waals surface area (Å²) in [7, 11) is 8.32. The van der Waals surface area contributed by atoms with Gasteiger partial charge in [-0.3, -0.25) is 0 Å². The molecule has 4 N–H and O–H groups in total. The maximum atomic E-state index is 10.3. The van der Waals surface area contributed by atoms with Crippen LogP contribution in [0.3, 0.4) is 0 Å². The quantitative estimate of drug-likeness (QED) is 0.112. The number of carboxylic acid groups (broad SMARTS) is 1. The summed E-state index contributed by atoms with van der Waals surface area (Å²) in [5.41, 5.74) is 0. The Labute approximate surface area is 250 Å². The molecule has 0 unspecified atom stereocenters. The number of aliphatic carboxylic acids is 1. The molecule has 6 nitrogen and oxygen atoms in total. The molecule has 0 bridgehead atoms. The molecule has 0 aromatic heterocycles. The molecule has 0 rings (SSSR count). The van der Waals surface area contributed by atoms with Crippen LogP contribution >= 0.6 is 0 Å². The predicted octanol–water partition coefficient (Wildman–Crippen LogP) is 0.589. The van der Waals surface area contributed by atoms with E-state index in [9.17, 15) is 9.90 Å². The van der Waals surface area contributed by atoms with E-state index in [1.807, 2.05) is 0 Å². The van der Waals surface area contributed by atoms with Gasteiger partial charge in [-0.25, -0.2) is 0 Å². The second kappa shape index (κ2) is 42.1. The Morgan fingerprint density at radius 2 is 0.769 bits per heavy atom. The van der Waals surface area contributed by atoms with Gasteiger partial charge in [0.2, 0.25) is 0 Å². The molecule has 39 heavy (non-hydrogen) atoms. The second-order valence-corrected chi connectivity index (χ2v) is 11.6. The number of aliphatic hydroxyl groups is 2. The SMILES string of the molecule is CCCCCCCCCCCCCCCCCCCCCC(=O)[O-].C[NH+](C)CCCO.C[NH+](C)CCCO.[Cl-]. The van der Waals surface area contributed by atoms with Gasteiger partial charge in [-0.1, -0.05) is 122 Å². The van der Waals surface area contributed by atoms with E-state index in [1.165, 1.54) is 119 Å². The first-order valence-electron chi connectivity index (χ1n) is 16.3. The Hall–Kier alpha value is -0.400. The van der Waals surface area contributed by atoms with Gasteiger partial charge >= 0.3 is 0 Å². The highest BCUT2D eigenvalue weighted by Crippen LogP contribution is 2.14. The van der Waals surface area contributed by atoms with Crippen molar-refractivity contribution in [1.29, 1.82) is 0 Å². The van der Waals surface area contributed by atoms with Crippen LogP contribution in [0, 0.1) is 0 Å². The summed E-state index contributed by atoms with van der Waals surface area (Å²) < 4.78 is 0. The first-order valence-corrected chi connectivity index (χ1v) is 16.3. The van der Waals surface area contributed by atoms with Crippen molar-refractivity contribution in [3.63, 3.8) is 0 Å². The monoisotopic (exact) mass is 583 g/mol. The predicted molar refractivity (Wildman–Crippen MR) is 162 cm³/mol. The minimum Gasteiger partial charge on any atom is -1.00 e. The number of rotatable bonds is 26. The van der Waals surface area contributed by atoms with Gasteiger partial charge in [-0.05, 0) is 12.8 Å². The van der Waals surface area contributed by atoms with E-state index >= 15 is 0 Å². The minimum absolute atomic E-state index is 0. The Morgan fingerprint density at radius 1 is 0.513 bits per heavy atom. The summed E-state index contributed by atoms with van der Waals surface area (Å²) >= 11 is 0. The molecule has 0 aliphatic rings. The van der Waals surface area contributed by atoms with Crippen molar-refractivity contribution in [3.05, 3.63) is 0 Å². The minimum atomic E-state index is -0.901. The van der Waals surface area contributed by atoms with Crippen molar-refractivity contribution in [2.75, 3.05) is 54.5 Å². The molecule has 0 aromatic carbocycles. The van der Waals surface area contributed by atoms with Crippen molar-refractivity contribution in [1.82, 2.24) is 0 Å². The van der Waals surface area contributed by atoms with E-state index in [4.69, 9.17) is 10.2 Å². The summed E-state index contributed by atoms with van der Waals surface area (Å²) in [6, 6.07) is 0. The molecule has 0 radical (unpaired) electrons. The summed E-state index contributed by atoms with van der Waals surface area (Å²) in [6.07, 6.45) is 27.6. The van der Waals surface area contributed by atoms with E-state index < -0.39 is 5.97 Å². The molecule has 7 heteroatoms. The van der Waals surface area contributed by atoms with Crippen LogP contribution in [0.25, 0.3) is 0 Å². The van der Waals surface area contributed by atoms with Crippen LogP contribution in [-0.4, -0.2) is 70.7 Å². The zero-order valence-corrected chi connectivity index (χ0v) is 27.7. The van der Waals surface area contributed by atoms with E-state index in [0.717, 1.165) is 38.8 Å². The zero-order chi connectivity index (χ0) is 29.1. The van der Waals surface area contributed by atoms with E-state index in [2.05, 4.69) is 35.1 Å². The van der Waals surface area contributed by atoms with Crippen LogP contribution in [0.15, 0.2) is 0 Å². The molecule has 0 aliphatic carbocycles. The highest BCUT2D eigenvalue weighted by molar-refractivity contribution is 5.64. The Morgan fingerprint density at radius 3 is 0.949 bits per heavy atom. The molecular formula is C32H71ClN2O4. The van der Waals surface area contributed by atoms with Gasteiger partial charge in [0.25, 0.3) is 0 Å². The zero-order valence-electron chi connectivity index (χ0n) is 27.0. The maximum absolute atomic E-state index is 10.3. The van der Waals surface area contributed by atoms with Crippen molar-refractivity contribution in [2.24, 2.45) is 0 Å². The first-order chi connectivity index (χ1) is 18.3. The van der Waals surface area contributed by atoms with Crippen LogP contribution in [0.2, 0.25) is 0 Å². The van der Waals surface area contributed by atoms with Crippen molar-refractivity contribution >= 4 is 5.97 Å². The smallest absolute Gasteiger partial charge is 0.0789 e. The fourth-order valence-electron chi connectivity index (χ4n) is 4.21. The summed E-state index contributed by atoms with van der Waals surface area (Å²) in [4.78, 5) is 13.1. The number of halogens is 1. The fraction of sp³-hybridized carbons (Fsp3) is 0.969. The molecule has 240 valence electrons. The lowest BCUT2D eigenvalue weighted by atomic mass is 10.0. The van der Waals surface area contributed by atoms with Crippen LogP contribution < -0.4 is 27.3 Å². The number of unbranched alkanes of at least 4 members (excludes halogenated alkanes) is 18. The lowest BCUT2D eigenvalue weighted by Gasteiger charge is -2.04. The molecule has 0 heterocycles. The first kappa shape index (κ1) is 45.6.